The maximum absolute atomic E-state index is 15.3. The number of H-pyrrole nitrogens is 1. The molecule has 0 saturated heterocycles. The predicted octanol–water partition coefficient (Wildman–Crippen LogP) is 4.51. The molecule has 3 aromatic rings. The lowest BCUT2D eigenvalue weighted by Crippen LogP contribution is -2.38. The van der Waals surface area contributed by atoms with Gasteiger partial charge in [-0.3, -0.25) is 9.59 Å². The van der Waals surface area contributed by atoms with Crippen molar-refractivity contribution in [3.63, 3.8) is 0 Å². The monoisotopic (exact) mass is 560 g/mol. The maximum atomic E-state index is 15.3. The number of carbonyl (C=O) groups is 2. The number of carbonyl (C=O) groups excluding carboxylic acids is 2. The molecule has 2 N–H and O–H groups in total. The lowest BCUT2D eigenvalue weighted by molar-refractivity contribution is -0.147. The third-order valence-corrected chi connectivity index (χ3v) is 6.62. The molecule has 1 saturated carbocycles. The minimum atomic E-state index is -2.82. The van der Waals surface area contributed by atoms with Gasteiger partial charge in [0, 0.05) is 12.8 Å². The fourth-order valence-electron chi connectivity index (χ4n) is 4.45. The van der Waals surface area contributed by atoms with Crippen LogP contribution in [0.1, 0.15) is 66.2 Å². The largest absolute Gasteiger partial charge is 0.340 e. The molecular weight excluding hydrogens is 534 g/mol. The minimum absolute atomic E-state index is 0.0722. The molecule has 1 aromatic carbocycles. The van der Waals surface area contributed by atoms with Crippen LogP contribution < -0.4 is 5.32 Å². The van der Waals surface area contributed by atoms with E-state index in [1.165, 1.54) is 19.1 Å². The number of benzene rings is 1. The molecule has 15 heteroatoms. The zero-order valence-electron chi connectivity index (χ0n) is 20.5. The van der Waals surface area contributed by atoms with Crippen LogP contribution in [0.5, 0.6) is 0 Å². The Bertz CT molecular complexity index is 1330. The minimum Gasteiger partial charge on any atom is -0.340 e. The average Bonchev–Trinajstić information content (AvgIpc) is 3.45. The summed E-state index contributed by atoms with van der Waals surface area (Å²) < 4.78 is 75.2. The van der Waals surface area contributed by atoms with Gasteiger partial charge in [-0.25, -0.2) is 27.2 Å². The van der Waals surface area contributed by atoms with Crippen LogP contribution in [0.25, 0.3) is 11.0 Å². The Morgan fingerprint density at radius 2 is 2.00 bits per heavy atom. The van der Waals surface area contributed by atoms with Gasteiger partial charge < -0.3 is 10.3 Å². The second-order valence-corrected chi connectivity index (χ2v) is 11.0. The molecule has 9 nitrogen and oxygen atoms in total. The maximum Gasteiger partial charge on any atom is 0.276 e. The first-order valence-corrected chi connectivity index (χ1v) is 12.4. The number of halogens is 5. The van der Waals surface area contributed by atoms with Gasteiger partial charge in [-0.2, -0.15) is 5.12 Å². The molecule has 0 radical (unpaired) electrons. The summed E-state index contributed by atoms with van der Waals surface area (Å²) >= 11 is 0. The molecule has 4 rings (SSSR count). The smallest absolute Gasteiger partial charge is 0.276 e. The number of aromatic amines is 1. The van der Waals surface area contributed by atoms with Crippen LogP contribution in [0.2, 0.25) is 0 Å². The summed E-state index contributed by atoms with van der Waals surface area (Å²) in [5.41, 5.74) is -0.0128. The van der Waals surface area contributed by atoms with Crippen LogP contribution >= 0.6 is 9.24 Å². The van der Waals surface area contributed by atoms with Crippen molar-refractivity contribution in [1.29, 1.82) is 0 Å². The number of aromatic nitrogens is 4. The molecule has 0 spiro atoms. The van der Waals surface area contributed by atoms with Gasteiger partial charge in [0.25, 0.3) is 11.8 Å². The molecule has 2 heterocycles. The first kappa shape index (κ1) is 27.9. The molecule has 38 heavy (non-hydrogen) atoms. The van der Waals surface area contributed by atoms with E-state index in [1.54, 1.807) is 9.24 Å². The first-order chi connectivity index (χ1) is 17.7. The van der Waals surface area contributed by atoms with Gasteiger partial charge in [0.1, 0.15) is 22.4 Å². The van der Waals surface area contributed by atoms with Crippen molar-refractivity contribution in [3.05, 3.63) is 40.7 Å². The van der Waals surface area contributed by atoms with Crippen molar-refractivity contribution in [1.82, 2.24) is 30.7 Å². The van der Waals surface area contributed by atoms with Crippen LogP contribution in [-0.4, -0.2) is 55.1 Å². The molecule has 1 aliphatic rings. The van der Waals surface area contributed by atoms with E-state index in [1.807, 2.05) is 0 Å². The molecule has 1 fully saturated rings. The summed E-state index contributed by atoms with van der Waals surface area (Å²) in [4.78, 5) is 32.2. The van der Waals surface area contributed by atoms with E-state index in [0.717, 1.165) is 6.92 Å². The van der Waals surface area contributed by atoms with Crippen molar-refractivity contribution < 1.29 is 36.3 Å². The fraction of sp³-hybridized carbons (Fsp3) is 0.522. The average molecular weight is 560 g/mol. The molecule has 1 aliphatic carbocycles. The predicted molar refractivity (Wildman–Crippen MR) is 128 cm³/mol. The summed E-state index contributed by atoms with van der Waals surface area (Å²) in [6.07, 6.45) is -1.31. The Hall–Kier alpha value is -3.15. The van der Waals surface area contributed by atoms with Gasteiger partial charge in [-0.1, -0.05) is 24.9 Å². The number of nitrogens with zero attached hydrogens (tertiary/aromatic N) is 4. The van der Waals surface area contributed by atoms with Gasteiger partial charge in [0.05, 0.1) is 24.5 Å². The first-order valence-electron chi connectivity index (χ1n) is 11.8. The standard InChI is InChI=1S/C23H26F5N6O3P/c1-11-17(33-37-32-11)21(36)31-18(12-5-7-23(26,27)8-6-12)20-29-14-4-3-13(16(24)19(14)30-20)9-15(35)34(28)10-22(2,25)38/h3-4,12,18H,5-10,38H2,1-2H3,(H,29,30)(H,31,36)/t18-,22?/m0/s1. The van der Waals surface area contributed by atoms with E-state index < -0.39 is 53.9 Å². The number of hydrogen-bond donors (Lipinski definition) is 2. The quantitative estimate of drug-likeness (QED) is 0.238. The lowest BCUT2D eigenvalue weighted by Gasteiger charge is -2.33. The highest BCUT2D eigenvalue weighted by Crippen LogP contribution is 2.41. The van der Waals surface area contributed by atoms with E-state index in [2.05, 4.69) is 30.2 Å². The number of hydrogen-bond acceptors (Lipinski definition) is 6. The number of amides is 2. The molecule has 2 amide bonds. The Morgan fingerprint density at radius 1 is 1.32 bits per heavy atom. The molecular formula is C23H26F5N6O3P. The Labute approximate surface area is 216 Å². The molecule has 3 atom stereocenters. The van der Waals surface area contributed by atoms with E-state index in [0.29, 0.717) is 0 Å². The Kier molecular flexibility index (Phi) is 7.74. The van der Waals surface area contributed by atoms with Crippen molar-refractivity contribution >= 4 is 32.1 Å². The Balaban J connectivity index is 1.62. The number of nitrogens with one attached hydrogen (secondary N) is 2. The highest BCUT2D eigenvalue weighted by atomic mass is 31.0. The third-order valence-electron chi connectivity index (χ3n) is 6.43. The Morgan fingerprint density at radius 3 is 2.61 bits per heavy atom. The number of aryl methyl sites for hydroxylation is 1. The van der Waals surface area contributed by atoms with Gasteiger partial charge in [-0.15, -0.1) is 0 Å². The van der Waals surface area contributed by atoms with Crippen molar-refractivity contribution in [2.24, 2.45) is 5.92 Å². The molecule has 2 aromatic heterocycles. The van der Waals surface area contributed by atoms with Crippen molar-refractivity contribution in [2.75, 3.05) is 6.54 Å². The molecule has 206 valence electrons. The second kappa shape index (κ2) is 10.5. The summed E-state index contributed by atoms with van der Waals surface area (Å²) in [6, 6.07) is 1.78. The van der Waals surface area contributed by atoms with Crippen LogP contribution in [0.3, 0.4) is 0 Å². The third kappa shape index (κ3) is 6.28. The zero-order valence-corrected chi connectivity index (χ0v) is 21.7. The highest BCUT2D eigenvalue weighted by molar-refractivity contribution is 7.18. The SMILES string of the molecule is Cc1nonc1C(=O)N[C@H](c1nc2c(F)c(CC(=O)N(F)CC(C)(F)P)ccc2[nH]1)C1CCC(F)(F)CC1. The van der Waals surface area contributed by atoms with Crippen LogP contribution in [0, 0.1) is 18.7 Å². The topological polar surface area (TPSA) is 117 Å². The number of fused-ring (bicyclic) bond motifs is 1. The summed E-state index contributed by atoms with van der Waals surface area (Å²) in [5, 5.41) is 7.47. The number of rotatable bonds is 8. The van der Waals surface area contributed by atoms with E-state index in [4.69, 9.17) is 0 Å². The fourth-order valence-corrected chi connectivity index (χ4v) is 4.61. The molecule has 0 bridgehead atoms. The van der Waals surface area contributed by atoms with E-state index in [9.17, 15) is 27.2 Å². The molecule has 2 unspecified atom stereocenters. The second-order valence-electron chi connectivity index (χ2n) is 9.77. The highest BCUT2D eigenvalue weighted by Gasteiger charge is 2.40. The van der Waals surface area contributed by atoms with Crippen molar-refractivity contribution in [3.8, 4) is 0 Å². The van der Waals surface area contributed by atoms with Crippen LogP contribution in [-0.2, 0) is 11.2 Å². The van der Waals surface area contributed by atoms with Gasteiger partial charge >= 0.3 is 0 Å². The normalized spacial score (nSPS) is 18.2. The zero-order chi connectivity index (χ0) is 27.8. The van der Waals surface area contributed by atoms with Gasteiger partial charge in [0.2, 0.25) is 5.92 Å². The summed E-state index contributed by atoms with van der Waals surface area (Å²) in [7, 11) is 1.77. The van der Waals surface area contributed by atoms with E-state index in [-0.39, 0.29) is 64.6 Å². The summed E-state index contributed by atoms with van der Waals surface area (Å²) in [5.74, 6) is -5.88. The lowest BCUT2D eigenvalue weighted by atomic mass is 9.81. The van der Waals surface area contributed by atoms with Crippen LogP contribution in [0.4, 0.5) is 22.0 Å². The van der Waals surface area contributed by atoms with Gasteiger partial charge in [0.15, 0.2) is 11.5 Å². The molecule has 0 aliphatic heterocycles. The van der Waals surface area contributed by atoms with E-state index >= 15 is 4.39 Å². The summed E-state index contributed by atoms with van der Waals surface area (Å²) in [6.45, 7) is 1.72. The van der Waals surface area contributed by atoms with Gasteiger partial charge in [-0.05, 0) is 49.4 Å². The number of alkyl halides is 3. The van der Waals surface area contributed by atoms with Crippen LogP contribution in [0.15, 0.2) is 16.8 Å². The van der Waals surface area contributed by atoms with Crippen molar-refractivity contribution in [2.45, 2.75) is 63.3 Å². The number of imidazole rings is 1.